The molecule has 4 nitrogen and oxygen atoms in total. The molecule has 0 bridgehead atoms. The molecule has 2 N–H and O–H groups in total. The molecule has 0 radical (unpaired) electrons. The van der Waals surface area contributed by atoms with E-state index in [1.165, 1.54) is 0 Å². The number of aromatic nitrogens is 2. The van der Waals surface area contributed by atoms with E-state index < -0.39 is 0 Å². The lowest BCUT2D eigenvalue weighted by atomic mass is 10.1. The number of nitriles is 1. The molecule has 0 unspecified atom stereocenters. The molecule has 0 amide bonds. The predicted molar refractivity (Wildman–Crippen MR) is 70.2 cm³/mol. The normalized spacial score (nSPS) is 10.2. The first-order valence-corrected chi connectivity index (χ1v) is 5.98. The summed E-state index contributed by atoms with van der Waals surface area (Å²) in [5.41, 5.74) is 8.56. The number of aryl methyl sites for hydroxylation is 1. The lowest BCUT2D eigenvalue weighted by molar-refractivity contribution is 0.662. The minimum atomic E-state index is 0.563. The van der Waals surface area contributed by atoms with Crippen LogP contribution in [0.3, 0.4) is 0 Å². The summed E-state index contributed by atoms with van der Waals surface area (Å²) in [7, 11) is 0. The molecule has 0 atom stereocenters. The van der Waals surface area contributed by atoms with Gasteiger partial charge in [-0.1, -0.05) is 6.07 Å². The van der Waals surface area contributed by atoms with Crippen LogP contribution < -0.4 is 5.73 Å². The van der Waals surface area contributed by atoms with Gasteiger partial charge in [-0.2, -0.15) is 10.4 Å². The van der Waals surface area contributed by atoms with Crippen LogP contribution in [-0.2, 0) is 6.54 Å². The fourth-order valence-corrected chi connectivity index (χ4v) is 1.82. The van der Waals surface area contributed by atoms with Crippen molar-refractivity contribution >= 4 is 21.6 Å². The third kappa shape index (κ3) is 2.17. The molecule has 2 rings (SSSR count). The summed E-state index contributed by atoms with van der Waals surface area (Å²) in [5.74, 6) is 0. The number of nitrogen functional groups attached to an aromatic ring is 1. The van der Waals surface area contributed by atoms with Crippen LogP contribution in [0.15, 0.2) is 28.9 Å². The molecule has 17 heavy (non-hydrogen) atoms. The molecular formula is C12H11BrN4. The van der Waals surface area contributed by atoms with Gasteiger partial charge >= 0.3 is 0 Å². The molecule has 0 aliphatic heterocycles. The summed E-state index contributed by atoms with van der Waals surface area (Å²) in [5, 5.41) is 13.4. The maximum atomic E-state index is 9.07. The van der Waals surface area contributed by atoms with Crippen LogP contribution in [0, 0.1) is 11.3 Å². The van der Waals surface area contributed by atoms with Gasteiger partial charge in [0.25, 0.3) is 0 Å². The molecule has 0 aliphatic rings. The fraction of sp³-hybridized carbons (Fsp3) is 0.167. The summed E-state index contributed by atoms with van der Waals surface area (Å²) >= 11 is 3.34. The summed E-state index contributed by atoms with van der Waals surface area (Å²) in [6.45, 7) is 2.72. The van der Waals surface area contributed by atoms with Crippen molar-refractivity contribution in [2.75, 3.05) is 5.73 Å². The molecule has 0 spiro atoms. The zero-order chi connectivity index (χ0) is 12.4. The van der Waals surface area contributed by atoms with Gasteiger partial charge in [-0.05, 0) is 35.0 Å². The highest BCUT2D eigenvalue weighted by Crippen LogP contribution is 2.28. The highest BCUT2D eigenvalue weighted by Gasteiger charge is 2.11. The molecule has 86 valence electrons. The third-order valence-electron chi connectivity index (χ3n) is 2.48. The van der Waals surface area contributed by atoms with Crippen molar-refractivity contribution in [3.05, 3.63) is 34.4 Å². The number of halogens is 1. The molecule has 5 heteroatoms. The van der Waals surface area contributed by atoms with E-state index >= 15 is 0 Å². The van der Waals surface area contributed by atoms with Crippen LogP contribution in [-0.4, -0.2) is 9.78 Å². The molecule has 1 heterocycles. The predicted octanol–water partition coefficient (Wildman–Crippen LogP) is 2.79. The Labute approximate surface area is 108 Å². The van der Waals surface area contributed by atoms with E-state index in [1.54, 1.807) is 10.9 Å². The van der Waals surface area contributed by atoms with E-state index in [-0.39, 0.29) is 0 Å². The molecule has 1 aromatic heterocycles. The molecular weight excluding hydrogens is 280 g/mol. The Hall–Kier alpha value is -1.80. The van der Waals surface area contributed by atoms with Crippen molar-refractivity contribution in [2.45, 2.75) is 13.5 Å². The van der Waals surface area contributed by atoms with Gasteiger partial charge in [0.05, 0.1) is 5.56 Å². The largest absolute Gasteiger partial charge is 0.398 e. The molecule has 1 aromatic carbocycles. The molecule has 0 saturated heterocycles. The second-order valence-corrected chi connectivity index (χ2v) is 4.45. The van der Waals surface area contributed by atoms with Crippen LogP contribution in [0.1, 0.15) is 12.5 Å². The van der Waals surface area contributed by atoms with E-state index in [4.69, 9.17) is 11.0 Å². The molecule has 0 saturated carbocycles. The first-order valence-electron chi connectivity index (χ1n) is 5.18. The van der Waals surface area contributed by atoms with Gasteiger partial charge in [0.15, 0.2) is 0 Å². The number of nitrogens with zero attached hydrogens (tertiary/aromatic N) is 3. The van der Waals surface area contributed by atoms with Gasteiger partial charge in [-0.25, -0.2) is 0 Å². The van der Waals surface area contributed by atoms with E-state index in [1.807, 2.05) is 25.1 Å². The van der Waals surface area contributed by atoms with Crippen molar-refractivity contribution in [3.8, 4) is 17.3 Å². The van der Waals surface area contributed by atoms with Crippen molar-refractivity contribution in [2.24, 2.45) is 0 Å². The average Bonchev–Trinajstić information content (AvgIpc) is 2.76. The molecule has 0 fully saturated rings. The maximum absolute atomic E-state index is 9.07. The Bertz CT molecular complexity index is 595. The number of rotatable bonds is 2. The number of nitrogens with two attached hydrogens (primary N) is 1. The average molecular weight is 291 g/mol. The lowest BCUT2D eigenvalue weighted by Gasteiger charge is -2.02. The number of hydrogen-bond donors (Lipinski definition) is 1. The second kappa shape index (κ2) is 4.60. The van der Waals surface area contributed by atoms with E-state index in [0.717, 1.165) is 16.6 Å². The van der Waals surface area contributed by atoms with Crippen LogP contribution >= 0.6 is 15.9 Å². The smallest absolute Gasteiger partial charge is 0.110 e. The van der Waals surface area contributed by atoms with Crippen molar-refractivity contribution in [1.29, 1.82) is 5.26 Å². The van der Waals surface area contributed by atoms with Gasteiger partial charge in [0.2, 0.25) is 0 Å². The van der Waals surface area contributed by atoms with Crippen LogP contribution in [0.5, 0.6) is 0 Å². The summed E-state index contributed by atoms with van der Waals surface area (Å²) in [6.07, 6.45) is 1.74. The van der Waals surface area contributed by atoms with Crippen LogP contribution in [0.25, 0.3) is 11.3 Å². The Morgan fingerprint density at radius 3 is 2.88 bits per heavy atom. The third-order valence-corrected chi connectivity index (χ3v) is 3.20. The first kappa shape index (κ1) is 11.7. The van der Waals surface area contributed by atoms with Crippen LogP contribution in [0.4, 0.5) is 5.69 Å². The topological polar surface area (TPSA) is 67.6 Å². The van der Waals surface area contributed by atoms with Crippen molar-refractivity contribution in [3.63, 3.8) is 0 Å². The minimum absolute atomic E-state index is 0.563. The second-order valence-electron chi connectivity index (χ2n) is 3.60. The highest BCUT2D eigenvalue weighted by atomic mass is 79.9. The number of anilines is 1. The summed E-state index contributed by atoms with van der Waals surface area (Å²) < 4.78 is 2.58. The van der Waals surface area contributed by atoms with E-state index in [0.29, 0.717) is 16.9 Å². The molecule has 0 aliphatic carbocycles. The SMILES string of the molecule is CCn1cc(C#N)c(-c2ccc(Br)c(N)c2)n1. The number of benzene rings is 1. The van der Waals surface area contributed by atoms with Gasteiger partial charge in [0.1, 0.15) is 11.8 Å². The van der Waals surface area contributed by atoms with Gasteiger partial charge in [0, 0.05) is 28.5 Å². The fourth-order valence-electron chi connectivity index (χ4n) is 1.57. The minimum Gasteiger partial charge on any atom is -0.398 e. The van der Waals surface area contributed by atoms with Crippen molar-refractivity contribution in [1.82, 2.24) is 9.78 Å². The van der Waals surface area contributed by atoms with Crippen molar-refractivity contribution < 1.29 is 0 Å². The van der Waals surface area contributed by atoms with Gasteiger partial charge in [-0.15, -0.1) is 0 Å². The van der Waals surface area contributed by atoms with E-state index in [2.05, 4.69) is 27.1 Å². The molecule has 2 aromatic rings. The van der Waals surface area contributed by atoms with E-state index in [9.17, 15) is 0 Å². The summed E-state index contributed by atoms with van der Waals surface area (Å²) in [6, 6.07) is 7.71. The zero-order valence-corrected chi connectivity index (χ0v) is 10.9. The maximum Gasteiger partial charge on any atom is 0.110 e. The highest BCUT2D eigenvalue weighted by molar-refractivity contribution is 9.10. The quantitative estimate of drug-likeness (QED) is 0.865. The summed E-state index contributed by atoms with van der Waals surface area (Å²) in [4.78, 5) is 0. The Morgan fingerprint density at radius 1 is 1.53 bits per heavy atom. The van der Waals surface area contributed by atoms with Gasteiger partial charge in [-0.3, -0.25) is 4.68 Å². The van der Waals surface area contributed by atoms with Gasteiger partial charge < -0.3 is 5.73 Å². The Balaban J connectivity index is 2.56. The Morgan fingerprint density at radius 2 is 2.29 bits per heavy atom. The Kier molecular flexibility index (Phi) is 3.16. The zero-order valence-electron chi connectivity index (χ0n) is 9.31. The number of hydrogen-bond acceptors (Lipinski definition) is 3. The lowest BCUT2D eigenvalue weighted by Crippen LogP contribution is -1.94. The van der Waals surface area contributed by atoms with Crippen LogP contribution in [0.2, 0.25) is 0 Å². The standard InChI is InChI=1S/C12H11BrN4/c1-2-17-7-9(6-14)12(16-17)8-3-4-10(13)11(15)5-8/h3-5,7H,2,15H2,1H3. The first-order chi connectivity index (χ1) is 8.15. The monoisotopic (exact) mass is 290 g/mol.